The Hall–Kier alpha value is -3.36. The molecule has 0 radical (unpaired) electrons. The molecule has 3 aliphatic heterocycles. The number of amidine groups is 1. The lowest BCUT2D eigenvalue weighted by molar-refractivity contribution is -0.128. The highest BCUT2D eigenvalue weighted by Crippen LogP contribution is 2.47. The number of benzene rings is 3. The fourth-order valence-corrected chi connectivity index (χ4v) is 7.56. The van der Waals surface area contributed by atoms with Crippen LogP contribution in [0.3, 0.4) is 0 Å². The molecule has 0 spiro atoms. The Morgan fingerprint density at radius 3 is 2.42 bits per heavy atom. The fourth-order valence-electron chi connectivity index (χ4n) is 5.11. The number of rotatable bonds is 3. The van der Waals surface area contributed by atoms with Crippen LogP contribution in [0.4, 0.5) is 5.69 Å². The van der Waals surface area contributed by atoms with E-state index in [0.717, 1.165) is 28.0 Å². The van der Waals surface area contributed by atoms with E-state index in [-0.39, 0.29) is 23.4 Å². The van der Waals surface area contributed by atoms with Gasteiger partial charge in [-0.1, -0.05) is 78.0 Å². The van der Waals surface area contributed by atoms with Gasteiger partial charge in [0, 0.05) is 24.3 Å². The van der Waals surface area contributed by atoms with Crippen molar-refractivity contribution in [3.8, 4) is 0 Å². The van der Waals surface area contributed by atoms with Crippen molar-refractivity contribution in [2.24, 2.45) is 4.99 Å². The van der Waals surface area contributed by atoms with Gasteiger partial charge >= 0.3 is 0 Å². The smallest absolute Gasteiger partial charge is 0.264 e. The molecule has 1 fully saturated rings. The molecule has 3 aromatic carbocycles. The van der Waals surface area contributed by atoms with Crippen LogP contribution >= 0.6 is 11.8 Å². The van der Waals surface area contributed by atoms with Gasteiger partial charge in [-0.05, 0) is 42.7 Å². The van der Waals surface area contributed by atoms with E-state index in [2.05, 4.69) is 0 Å². The molecule has 0 aliphatic carbocycles. The molecule has 0 aromatic heterocycles. The van der Waals surface area contributed by atoms with Gasteiger partial charge in [0.2, 0.25) is 5.91 Å². The zero-order valence-electron chi connectivity index (χ0n) is 19.8. The third kappa shape index (κ3) is 3.76. The van der Waals surface area contributed by atoms with Crippen LogP contribution < -0.4 is 4.31 Å². The Morgan fingerprint density at radius 1 is 0.917 bits per heavy atom. The number of para-hydroxylation sites is 1. The molecule has 1 saturated heterocycles. The van der Waals surface area contributed by atoms with Crippen molar-refractivity contribution in [2.45, 2.75) is 30.7 Å². The summed E-state index contributed by atoms with van der Waals surface area (Å²) in [5.74, 6) is 0.739. The second-order valence-electron chi connectivity index (χ2n) is 9.10. The highest BCUT2D eigenvalue weighted by molar-refractivity contribution is 8.14. The number of thioether (sulfide) groups is 1. The molecule has 6 nitrogen and oxygen atoms in total. The van der Waals surface area contributed by atoms with E-state index in [4.69, 9.17) is 4.99 Å². The van der Waals surface area contributed by atoms with E-state index in [9.17, 15) is 13.2 Å². The van der Waals surface area contributed by atoms with Gasteiger partial charge in [-0.15, -0.1) is 0 Å². The third-order valence-corrected chi connectivity index (χ3v) is 9.64. The Balaban J connectivity index is 1.53. The first-order valence-electron chi connectivity index (χ1n) is 12.0. The van der Waals surface area contributed by atoms with E-state index < -0.39 is 10.0 Å². The lowest BCUT2D eigenvalue weighted by atomic mass is 9.90. The van der Waals surface area contributed by atoms with Crippen LogP contribution in [0.1, 0.15) is 35.6 Å². The van der Waals surface area contributed by atoms with Gasteiger partial charge in [-0.25, -0.2) is 13.4 Å². The number of carbonyl (C=O) groups is 1. The number of nitrogens with zero attached hydrogens (tertiary/aromatic N) is 3. The summed E-state index contributed by atoms with van der Waals surface area (Å²) in [6.07, 6.45) is 0.917. The summed E-state index contributed by atoms with van der Waals surface area (Å²) >= 11 is 1.58. The van der Waals surface area contributed by atoms with E-state index in [1.165, 1.54) is 4.31 Å². The van der Waals surface area contributed by atoms with Gasteiger partial charge < -0.3 is 0 Å². The number of aliphatic imine (C=N–C) groups is 1. The standard InChI is InChI=1S/C28H25N3O3S2/c1-19-11-13-21(14-12-19)36(33,34)30-17-15-23-26(22-9-5-6-10-24(22)30)29-28-31(25(32)16-18-35-28)27(23)20-7-3-2-4-8-20/h2-14,27H,15-18H2,1H3. The highest BCUT2D eigenvalue weighted by atomic mass is 32.2. The summed E-state index contributed by atoms with van der Waals surface area (Å²) in [4.78, 5) is 20.2. The number of hydrogen-bond donors (Lipinski definition) is 0. The fraction of sp³-hybridized carbons (Fsp3) is 0.214. The van der Waals surface area contributed by atoms with Gasteiger partial charge in [0.1, 0.15) is 0 Å². The number of carbonyl (C=O) groups excluding carboxylic acids is 1. The first kappa shape index (κ1) is 23.1. The Labute approximate surface area is 215 Å². The summed E-state index contributed by atoms with van der Waals surface area (Å²) in [5, 5.41) is 0.684. The molecule has 1 atom stereocenters. The van der Waals surface area contributed by atoms with Crippen LogP contribution in [-0.4, -0.2) is 36.7 Å². The SMILES string of the molecule is Cc1ccc(S(=O)(=O)N2CCC3=C(N=C4SCCC(=O)N4C3c3ccccc3)c3ccccc32)cc1. The topological polar surface area (TPSA) is 70.0 Å². The number of amides is 1. The molecular formula is C28H25N3O3S2. The second kappa shape index (κ2) is 8.94. The molecule has 182 valence electrons. The molecule has 36 heavy (non-hydrogen) atoms. The zero-order valence-corrected chi connectivity index (χ0v) is 21.4. The molecule has 0 bridgehead atoms. The summed E-state index contributed by atoms with van der Waals surface area (Å²) in [5.41, 5.74) is 5.12. The van der Waals surface area contributed by atoms with E-state index in [0.29, 0.717) is 29.4 Å². The van der Waals surface area contributed by atoms with Crippen molar-refractivity contribution in [1.82, 2.24) is 4.90 Å². The van der Waals surface area contributed by atoms with Gasteiger partial charge in [0.15, 0.2) is 5.17 Å². The highest BCUT2D eigenvalue weighted by Gasteiger charge is 2.42. The molecule has 1 amide bonds. The first-order chi connectivity index (χ1) is 17.4. The molecule has 0 saturated carbocycles. The van der Waals surface area contributed by atoms with E-state index in [1.54, 1.807) is 23.9 Å². The summed E-state index contributed by atoms with van der Waals surface area (Å²) < 4.78 is 29.3. The number of sulfonamides is 1. The molecule has 3 aromatic rings. The summed E-state index contributed by atoms with van der Waals surface area (Å²) in [7, 11) is -3.80. The van der Waals surface area contributed by atoms with Crippen LogP contribution in [-0.2, 0) is 14.8 Å². The largest absolute Gasteiger partial charge is 0.280 e. The quantitative estimate of drug-likeness (QED) is 0.470. The van der Waals surface area contributed by atoms with Crippen LogP contribution in [0.5, 0.6) is 0 Å². The first-order valence-corrected chi connectivity index (χ1v) is 14.4. The maximum absolute atomic E-state index is 13.9. The third-order valence-electron chi connectivity index (χ3n) is 6.86. The Kier molecular flexibility index (Phi) is 5.73. The van der Waals surface area contributed by atoms with Crippen molar-refractivity contribution < 1.29 is 13.2 Å². The zero-order chi connectivity index (χ0) is 24.9. The lowest BCUT2D eigenvalue weighted by Gasteiger charge is -2.40. The normalized spacial score (nSPS) is 19.8. The van der Waals surface area contributed by atoms with Crippen molar-refractivity contribution >= 4 is 44.2 Å². The van der Waals surface area contributed by atoms with E-state index in [1.807, 2.05) is 78.6 Å². The molecular weight excluding hydrogens is 490 g/mol. The number of hydrogen-bond acceptors (Lipinski definition) is 5. The van der Waals surface area contributed by atoms with Crippen LogP contribution in [0.15, 0.2) is 94.3 Å². The van der Waals surface area contributed by atoms with Crippen molar-refractivity contribution in [3.63, 3.8) is 0 Å². The average molecular weight is 516 g/mol. The number of fused-ring (bicyclic) bond motifs is 3. The van der Waals surface area contributed by atoms with Gasteiger partial charge in [-0.3, -0.25) is 14.0 Å². The molecule has 0 N–H and O–H groups in total. The van der Waals surface area contributed by atoms with Crippen molar-refractivity contribution in [2.75, 3.05) is 16.6 Å². The van der Waals surface area contributed by atoms with Crippen molar-refractivity contribution in [1.29, 1.82) is 0 Å². The molecule has 3 aliphatic rings. The van der Waals surface area contributed by atoms with Crippen molar-refractivity contribution in [3.05, 3.63) is 101 Å². The number of aryl methyl sites for hydroxylation is 1. The van der Waals surface area contributed by atoms with Crippen LogP contribution in [0, 0.1) is 6.92 Å². The minimum Gasteiger partial charge on any atom is -0.280 e. The second-order valence-corrected chi connectivity index (χ2v) is 12.0. The Bertz CT molecular complexity index is 1510. The van der Waals surface area contributed by atoms with Gasteiger partial charge in [-0.2, -0.15) is 0 Å². The van der Waals surface area contributed by atoms with Crippen LogP contribution in [0.2, 0.25) is 0 Å². The lowest BCUT2D eigenvalue weighted by Crippen LogP contribution is -2.44. The predicted molar refractivity (Wildman–Crippen MR) is 144 cm³/mol. The monoisotopic (exact) mass is 515 g/mol. The maximum Gasteiger partial charge on any atom is 0.264 e. The van der Waals surface area contributed by atoms with Gasteiger partial charge in [0.25, 0.3) is 10.0 Å². The Morgan fingerprint density at radius 2 is 1.64 bits per heavy atom. The minimum atomic E-state index is -3.80. The molecule has 8 heteroatoms. The molecule has 6 rings (SSSR count). The molecule has 3 heterocycles. The maximum atomic E-state index is 13.9. The minimum absolute atomic E-state index is 0.0505. The summed E-state index contributed by atoms with van der Waals surface area (Å²) in [6.45, 7) is 2.20. The summed E-state index contributed by atoms with van der Waals surface area (Å²) in [6, 6.07) is 24.2. The molecule has 1 unspecified atom stereocenters. The average Bonchev–Trinajstić information content (AvgIpc) is 3.06. The van der Waals surface area contributed by atoms with Gasteiger partial charge in [0.05, 0.1) is 22.3 Å². The predicted octanol–water partition coefficient (Wildman–Crippen LogP) is 5.38. The van der Waals surface area contributed by atoms with Crippen LogP contribution in [0.25, 0.3) is 5.70 Å². The van der Waals surface area contributed by atoms with E-state index >= 15 is 0 Å². The number of anilines is 1.